The number of allylic oxidation sites excluding steroid dienone is 2. The molecule has 2 heteroatoms. The molecule has 3 aliphatic rings. The first-order valence-electron chi connectivity index (χ1n) is 14.1. The molecular weight excluding hydrogens is 412 g/mol. The summed E-state index contributed by atoms with van der Waals surface area (Å²) >= 11 is 0. The molecule has 0 N–H and O–H groups in total. The van der Waals surface area contributed by atoms with E-state index in [1.807, 2.05) is 6.08 Å². The molecule has 1 aromatic rings. The smallest absolute Gasteiger partial charge is 0.0411 e. The monoisotopic (exact) mass is 462 g/mol. The lowest BCUT2D eigenvalue weighted by atomic mass is 9.77. The number of aryl methyl sites for hydroxylation is 1. The number of rotatable bonds is 9. The minimum Gasteiger partial charge on any atom is -0.373 e. The Kier molecular flexibility index (Phi) is 7.97. The van der Waals surface area contributed by atoms with E-state index in [0.29, 0.717) is 5.41 Å². The van der Waals surface area contributed by atoms with Crippen molar-refractivity contribution in [1.82, 2.24) is 9.80 Å². The van der Waals surface area contributed by atoms with E-state index in [0.717, 1.165) is 37.6 Å². The van der Waals surface area contributed by atoms with Gasteiger partial charge in [0, 0.05) is 30.9 Å². The first-order valence-corrected chi connectivity index (χ1v) is 14.1. The first kappa shape index (κ1) is 25.5. The molecule has 2 nitrogen and oxygen atoms in total. The summed E-state index contributed by atoms with van der Waals surface area (Å²) in [7, 11) is 2.27. The Balaban J connectivity index is 1.42. The van der Waals surface area contributed by atoms with Crippen molar-refractivity contribution in [3.63, 3.8) is 0 Å². The number of nitrogens with zero attached hydrogens (tertiary/aromatic N) is 2. The van der Waals surface area contributed by atoms with Crippen LogP contribution in [0.4, 0.5) is 0 Å². The molecule has 0 spiro atoms. The van der Waals surface area contributed by atoms with E-state index in [-0.39, 0.29) is 5.54 Å². The average molecular weight is 463 g/mol. The van der Waals surface area contributed by atoms with Crippen molar-refractivity contribution in [2.45, 2.75) is 109 Å². The van der Waals surface area contributed by atoms with Crippen LogP contribution in [-0.4, -0.2) is 41.5 Å². The van der Waals surface area contributed by atoms with Gasteiger partial charge in [-0.1, -0.05) is 51.1 Å². The predicted molar refractivity (Wildman–Crippen MR) is 147 cm³/mol. The topological polar surface area (TPSA) is 6.48 Å². The van der Waals surface area contributed by atoms with Crippen LogP contribution in [0.3, 0.4) is 0 Å². The molecule has 0 aromatic heterocycles. The molecule has 1 aromatic carbocycles. The maximum Gasteiger partial charge on any atom is 0.0411 e. The molecule has 3 unspecified atom stereocenters. The van der Waals surface area contributed by atoms with E-state index in [4.69, 9.17) is 0 Å². The number of benzene rings is 1. The molecule has 2 aliphatic carbocycles. The second-order valence-corrected chi connectivity index (χ2v) is 12.8. The quantitative estimate of drug-likeness (QED) is 0.276. The molecule has 4 rings (SSSR count). The van der Waals surface area contributed by atoms with Crippen molar-refractivity contribution in [3.05, 3.63) is 59.8 Å². The van der Waals surface area contributed by atoms with Gasteiger partial charge in [-0.25, -0.2) is 0 Å². The van der Waals surface area contributed by atoms with E-state index >= 15 is 0 Å². The van der Waals surface area contributed by atoms with Gasteiger partial charge < -0.3 is 4.90 Å². The van der Waals surface area contributed by atoms with Crippen molar-refractivity contribution in [3.8, 4) is 0 Å². The Labute approximate surface area is 210 Å². The van der Waals surface area contributed by atoms with Gasteiger partial charge in [-0.15, -0.1) is 6.58 Å². The van der Waals surface area contributed by atoms with E-state index in [1.165, 1.54) is 70.2 Å². The van der Waals surface area contributed by atoms with Gasteiger partial charge in [0.15, 0.2) is 0 Å². The summed E-state index contributed by atoms with van der Waals surface area (Å²) in [4.78, 5) is 5.36. The molecule has 1 saturated heterocycles. The van der Waals surface area contributed by atoms with Crippen LogP contribution in [0.1, 0.15) is 95.2 Å². The Bertz CT molecular complexity index is 868. The summed E-state index contributed by atoms with van der Waals surface area (Å²) in [6.07, 6.45) is 17.1. The zero-order chi connectivity index (χ0) is 24.3. The Hall–Kier alpha value is -1.54. The summed E-state index contributed by atoms with van der Waals surface area (Å²) in [5.41, 5.74) is 6.68. The van der Waals surface area contributed by atoms with E-state index < -0.39 is 0 Å². The largest absolute Gasteiger partial charge is 0.373 e. The zero-order valence-electron chi connectivity index (χ0n) is 22.7. The summed E-state index contributed by atoms with van der Waals surface area (Å²) in [6, 6.07) is 8.29. The van der Waals surface area contributed by atoms with Gasteiger partial charge in [0.2, 0.25) is 0 Å². The summed E-state index contributed by atoms with van der Waals surface area (Å²) in [5.74, 6) is 0.828. The molecule has 188 valence electrons. The number of piperidine rings is 1. The average Bonchev–Trinajstić information content (AvgIpc) is 3.26. The predicted octanol–water partition coefficient (Wildman–Crippen LogP) is 7.57. The summed E-state index contributed by atoms with van der Waals surface area (Å²) in [6.45, 7) is 18.3. The molecule has 1 saturated carbocycles. The molecule has 1 aliphatic heterocycles. The summed E-state index contributed by atoms with van der Waals surface area (Å²) < 4.78 is 0. The lowest BCUT2D eigenvalue weighted by Crippen LogP contribution is -2.47. The molecular formula is C32H50N2. The van der Waals surface area contributed by atoms with Gasteiger partial charge in [0.1, 0.15) is 0 Å². The van der Waals surface area contributed by atoms with Gasteiger partial charge >= 0.3 is 0 Å². The van der Waals surface area contributed by atoms with Crippen molar-refractivity contribution >= 4 is 0 Å². The first-order chi connectivity index (χ1) is 16.2. The molecule has 34 heavy (non-hydrogen) atoms. The maximum atomic E-state index is 4.44. The molecule has 3 atom stereocenters. The standard InChI is InChI=1S/C32H50N2/c1-7-8-9-12-25(2)33(6)32(5)19-17-27-16-15-26(22-29(27)23-32)21-28-13-10-14-30(28)34-20-11-18-31(3,4)24-34/h7,15-16,22,28,30H,1-2,8-14,17-21,23-24H2,3-6H3. The van der Waals surface area contributed by atoms with E-state index in [1.54, 1.807) is 16.7 Å². The van der Waals surface area contributed by atoms with Crippen LogP contribution in [0.2, 0.25) is 0 Å². The normalized spacial score (nSPS) is 28.9. The fraction of sp³-hybridized carbons (Fsp3) is 0.688. The van der Waals surface area contributed by atoms with E-state index in [9.17, 15) is 0 Å². The Morgan fingerprint density at radius 1 is 1.15 bits per heavy atom. The third-order valence-corrected chi connectivity index (χ3v) is 9.45. The third-order valence-electron chi connectivity index (χ3n) is 9.45. The second kappa shape index (κ2) is 10.6. The van der Waals surface area contributed by atoms with Crippen molar-refractivity contribution in [2.75, 3.05) is 20.1 Å². The van der Waals surface area contributed by atoms with Gasteiger partial charge in [0.25, 0.3) is 0 Å². The minimum atomic E-state index is 0.173. The van der Waals surface area contributed by atoms with Gasteiger partial charge in [-0.05, 0) is 112 Å². The molecule has 1 heterocycles. The van der Waals surface area contributed by atoms with Crippen molar-refractivity contribution < 1.29 is 0 Å². The van der Waals surface area contributed by atoms with Crippen molar-refractivity contribution in [2.24, 2.45) is 11.3 Å². The van der Waals surface area contributed by atoms with Crippen LogP contribution in [0.25, 0.3) is 0 Å². The molecule has 2 fully saturated rings. The third kappa shape index (κ3) is 5.81. The number of hydrogen-bond donors (Lipinski definition) is 0. The van der Waals surface area contributed by atoms with Crippen LogP contribution < -0.4 is 0 Å². The number of unbranched alkanes of at least 4 members (excludes halogenated alkanes) is 1. The molecule has 0 amide bonds. The minimum absolute atomic E-state index is 0.173. The Morgan fingerprint density at radius 3 is 2.74 bits per heavy atom. The number of hydrogen-bond acceptors (Lipinski definition) is 2. The Morgan fingerprint density at radius 2 is 1.97 bits per heavy atom. The lowest BCUT2D eigenvalue weighted by Gasteiger charge is -2.45. The van der Waals surface area contributed by atoms with Gasteiger partial charge in [0.05, 0.1) is 0 Å². The lowest BCUT2D eigenvalue weighted by molar-refractivity contribution is 0.0617. The number of likely N-dealkylation sites (N-methyl/N-ethyl adjacent to an activating group) is 1. The SMILES string of the molecule is C=CCCCC(=C)N(C)C1(C)CCc2ccc(CC3CCCC3N3CCCC(C)(C)C3)cc2C1. The second-order valence-electron chi connectivity index (χ2n) is 12.8. The molecule has 0 radical (unpaired) electrons. The van der Waals surface area contributed by atoms with Crippen LogP contribution in [0.5, 0.6) is 0 Å². The zero-order valence-corrected chi connectivity index (χ0v) is 22.7. The highest BCUT2D eigenvalue weighted by atomic mass is 15.2. The fourth-order valence-corrected chi connectivity index (χ4v) is 7.19. The molecule has 0 bridgehead atoms. The van der Waals surface area contributed by atoms with E-state index in [2.05, 4.69) is 69.0 Å². The van der Waals surface area contributed by atoms with Crippen LogP contribution in [0, 0.1) is 11.3 Å². The summed E-state index contributed by atoms with van der Waals surface area (Å²) in [5, 5.41) is 0. The fourth-order valence-electron chi connectivity index (χ4n) is 7.19. The van der Waals surface area contributed by atoms with Crippen LogP contribution >= 0.6 is 0 Å². The van der Waals surface area contributed by atoms with Crippen molar-refractivity contribution in [1.29, 1.82) is 0 Å². The van der Waals surface area contributed by atoms with Crippen LogP contribution in [-0.2, 0) is 19.3 Å². The highest BCUT2D eigenvalue weighted by Gasteiger charge is 2.37. The number of fused-ring (bicyclic) bond motifs is 1. The van der Waals surface area contributed by atoms with Gasteiger partial charge in [-0.2, -0.15) is 0 Å². The van der Waals surface area contributed by atoms with Gasteiger partial charge in [-0.3, -0.25) is 4.90 Å². The maximum absolute atomic E-state index is 4.44. The highest BCUT2D eigenvalue weighted by Crippen LogP contribution is 2.39. The number of likely N-dealkylation sites (tertiary alicyclic amines) is 1. The highest BCUT2D eigenvalue weighted by molar-refractivity contribution is 5.36. The van der Waals surface area contributed by atoms with Crippen LogP contribution in [0.15, 0.2) is 43.1 Å².